The normalized spacial score (nSPS) is 19.6. The van der Waals surface area contributed by atoms with Gasteiger partial charge in [0.2, 0.25) is 0 Å². The van der Waals surface area contributed by atoms with E-state index in [1.807, 2.05) is 0 Å². The number of anilines is 1. The highest BCUT2D eigenvalue weighted by Gasteiger charge is 2.27. The molecule has 0 radical (unpaired) electrons. The van der Waals surface area contributed by atoms with Crippen LogP contribution in [0, 0.1) is 0 Å². The second kappa shape index (κ2) is 3.99. The van der Waals surface area contributed by atoms with Gasteiger partial charge in [0, 0.05) is 24.2 Å². The first kappa shape index (κ1) is 11.0. The first-order valence-corrected chi connectivity index (χ1v) is 5.86. The number of β-amino-alcohol motifs (C(OH)–C–C–N with tert-alkyl or cyclic N) is 1. The first-order chi connectivity index (χ1) is 8.65. The van der Waals surface area contributed by atoms with Crippen LogP contribution < -0.4 is 5.73 Å². The summed E-state index contributed by atoms with van der Waals surface area (Å²) in [6, 6.07) is 5.29. The summed E-state index contributed by atoms with van der Waals surface area (Å²) in [6.45, 7) is 0.937. The minimum absolute atomic E-state index is 0.164. The third-order valence-corrected chi connectivity index (χ3v) is 3.24. The van der Waals surface area contributed by atoms with Crippen LogP contribution in [0.2, 0.25) is 0 Å². The van der Waals surface area contributed by atoms with Crippen LogP contribution in [0.4, 0.5) is 5.69 Å². The summed E-state index contributed by atoms with van der Waals surface area (Å²) in [5, 5.41) is 17.1. The Bertz CT molecular complexity index is 607. The van der Waals surface area contributed by atoms with E-state index < -0.39 is 6.10 Å². The number of nitrogens with one attached hydrogen (secondary N) is 1. The van der Waals surface area contributed by atoms with Gasteiger partial charge in [-0.2, -0.15) is 5.10 Å². The minimum Gasteiger partial charge on any atom is -0.399 e. The molecule has 0 unspecified atom stereocenters. The molecular formula is C12H14N4O2. The second-order valence-electron chi connectivity index (χ2n) is 4.57. The van der Waals surface area contributed by atoms with Crippen molar-refractivity contribution >= 4 is 22.5 Å². The summed E-state index contributed by atoms with van der Waals surface area (Å²) in [6.07, 6.45) is 0.195. The van der Waals surface area contributed by atoms with E-state index in [0.717, 1.165) is 10.9 Å². The van der Waals surface area contributed by atoms with Crippen molar-refractivity contribution in [2.45, 2.75) is 12.5 Å². The summed E-state index contributed by atoms with van der Waals surface area (Å²) in [5.41, 5.74) is 7.47. The molecule has 3 rings (SSSR count). The van der Waals surface area contributed by atoms with Gasteiger partial charge in [-0.15, -0.1) is 0 Å². The van der Waals surface area contributed by atoms with E-state index >= 15 is 0 Å². The summed E-state index contributed by atoms with van der Waals surface area (Å²) < 4.78 is 0. The van der Waals surface area contributed by atoms with E-state index in [9.17, 15) is 9.90 Å². The molecule has 1 fully saturated rings. The SMILES string of the molecule is Nc1ccc2[nH]nc(C(=O)N3CC[C@H](O)C3)c2c1. The Kier molecular flexibility index (Phi) is 2.45. The number of fused-ring (bicyclic) bond motifs is 1. The van der Waals surface area contributed by atoms with Crippen molar-refractivity contribution in [1.29, 1.82) is 0 Å². The molecule has 1 aromatic carbocycles. The molecule has 2 aromatic rings. The molecule has 1 atom stereocenters. The molecule has 94 valence electrons. The summed E-state index contributed by atoms with van der Waals surface area (Å²) in [7, 11) is 0. The number of carbonyl (C=O) groups excluding carboxylic acids is 1. The molecule has 0 saturated carbocycles. The number of aromatic nitrogens is 2. The molecular weight excluding hydrogens is 232 g/mol. The molecule has 4 N–H and O–H groups in total. The van der Waals surface area contributed by atoms with Crippen molar-refractivity contribution < 1.29 is 9.90 Å². The number of carbonyl (C=O) groups is 1. The predicted molar refractivity (Wildman–Crippen MR) is 67.0 cm³/mol. The lowest BCUT2D eigenvalue weighted by Crippen LogP contribution is -2.29. The Balaban J connectivity index is 1.99. The number of benzene rings is 1. The maximum atomic E-state index is 12.3. The van der Waals surface area contributed by atoms with Gasteiger partial charge in [0.25, 0.3) is 5.91 Å². The standard InChI is InChI=1S/C12H14N4O2/c13-7-1-2-10-9(5-7)11(15-14-10)12(18)16-4-3-8(17)6-16/h1-2,5,8,17H,3-4,6,13H2,(H,14,15)/t8-/m0/s1. The molecule has 1 amide bonds. The maximum Gasteiger partial charge on any atom is 0.275 e. The van der Waals surface area contributed by atoms with Crippen LogP contribution in [0.3, 0.4) is 0 Å². The highest BCUT2D eigenvalue weighted by Crippen LogP contribution is 2.21. The quantitative estimate of drug-likeness (QED) is 0.633. The van der Waals surface area contributed by atoms with Crippen LogP contribution >= 0.6 is 0 Å². The lowest BCUT2D eigenvalue weighted by Gasteiger charge is -2.13. The lowest BCUT2D eigenvalue weighted by atomic mass is 10.2. The van der Waals surface area contributed by atoms with Gasteiger partial charge < -0.3 is 15.7 Å². The number of nitrogens with two attached hydrogens (primary N) is 1. The molecule has 6 heteroatoms. The van der Waals surface area contributed by atoms with Gasteiger partial charge in [-0.1, -0.05) is 0 Å². The fourth-order valence-electron chi connectivity index (χ4n) is 2.27. The van der Waals surface area contributed by atoms with Gasteiger partial charge in [-0.05, 0) is 24.6 Å². The number of rotatable bonds is 1. The number of hydrogen-bond acceptors (Lipinski definition) is 4. The molecule has 1 aromatic heterocycles. The highest BCUT2D eigenvalue weighted by atomic mass is 16.3. The number of hydrogen-bond donors (Lipinski definition) is 3. The van der Waals surface area contributed by atoms with Crippen LogP contribution in [0.1, 0.15) is 16.9 Å². The van der Waals surface area contributed by atoms with Crippen molar-refractivity contribution in [3.63, 3.8) is 0 Å². The number of aromatic amines is 1. The van der Waals surface area contributed by atoms with Crippen molar-refractivity contribution in [2.75, 3.05) is 18.8 Å². The number of likely N-dealkylation sites (tertiary alicyclic amines) is 1. The third-order valence-electron chi connectivity index (χ3n) is 3.24. The number of amides is 1. The Hall–Kier alpha value is -2.08. The van der Waals surface area contributed by atoms with E-state index in [2.05, 4.69) is 10.2 Å². The third kappa shape index (κ3) is 1.70. The van der Waals surface area contributed by atoms with E-state index in [0.29, 0.717) is 30.9 Å². The molecule has 1 aliphatic heterocycles. The van der Waals surface area contributed by atoms with Gasteiger partial charge >= 0.3 is 0 Å². The van der Waals surface area contributed by atoms with Gasteiger partial charge in [-0.25, -0.2) is 0 Å². The van der Waals surface area contributed by atoms with Crippen LogP contribution in [-0.4, -0.2) is 45.3 Å². The Morgan fingerprint density at radius 1 is 1.56 bits per heavy atom. The zero-order chi connectivity index (χ0) is 12.7. The number of H-pyrrole nitrogens is 1. The molecule has 6 nitrogen and oxygen atoms in total. The number of aliphatic hydroxyl groups excluding tert-OH is 1. The Morgan fingerprint density at radius 3 is 3.11 bits per heavy atom. The van der Waals surface area contributed by atoms with E-state index in [-0.39, 0.29) is 5.91 Å². The van der Waals surface area contributed by atoms with Crippen molar-refractivity contribution in [3.05, 3.63) is 23.9 Å². The average Bonchev–Trinajstić information content (AvgIpc) is 2.94. The zero-order valence-electron chi connectivity index (χ0n) is 9.76. The smallest absolute Gasteiger partial charge is 0.275 e. The summed E-state index contributed by atoms with van der Waals surface area (Å²) in [5.74, 6) is -0.164. The van der Waals surface area contributed by atoms with Crippen molar-refractivity contribution in [2.24, 2.45) is 0 Å². The Labute approximate surface area is 103 Å². The minimum atomic E-state index is -0.427. The molecule has 1 saturated heterocycles. The van der Waals surface area contributed by atoms with Crippen molar-refractivity contribution in [1.82, 2.24) is 15.1 Å². The van der Waals surface area contributed by atoms with Gasteiger partial charge in [-0.3, -0.25) is 9.89 Å². The van der Waals surface area contributed by atoms with Gasteiger partial charge in [0.05, 0.1) is 11.6 Å². The lowest BCUT2D eigenvalue weighted by molar-refractivity contribution is 0.0761. The summed E-state index contributed by atoms with van der Waals surface area (Å²) >= 11 is 0. The maximum absolute atomic E-state index is 12.3. The van der Waals surface area contributed by atoms with Gasteiger partial charge in [0.15, 0.2) is 5.69 Å². The molecule has 0 spiro atoms. The van der Waals surface area contributed by atoms with E-state index in [1.54, 1.807) is 23.1 Å². The fraction of sp³-hybridized carbons (Fsp3) is 0.333. The second-order valence-corrected chi connectivity index (χ2v) is 4.57. The monoisotopic (exact) mass is 246 g/mol. The number of aliphatic hydroxyl groups is 1. The van der Waals surface area contributed by atoms with E-state index in [4.69, 9.17) is 5.73 Å². The first-order valence-electron chi connectivity index (χ1n) is 5.86. The molecule has 0 aliphatic carbocycles. The topological polar surface area (TPSA) is 95.2 Å². The Morgan fingerprint density at radius 2 is 2.39 bits per heavy atom. The van der Waals surface area contributed by atoms with Crippen LogP contribution in [0.25, 0.3) is 10.9 Å². The molecule has 0 bridgehead atoms. The van der Waals surface area contributed by atoms with Crippen LogP contribution in [0.15, 0.2) is 18.2 Å². The zero-order valence-corrected chi connectivity index (χ0v) is 9.76. The molecule has 1 aliphatic rings. The van der Waals surface area contributed by atoms with Crippen molar-refractivity contribution in [3.8, 4) is 0 Å². The number of nitrogen functional groups attached to an aromatic ring is 1. The predicted octanol–water partition coefficient (Wildman–Crippen LogP) is 0.352. The van der Waals surface area contributed by atoms with Crippen LogP contribution in [0.5, 0.6) is 0 Å². The average molecular weight is 246 g/mol. The van der Waals surface area contributed by atoms with E-state index in [1.165, 1.54) is 0 Å². The highest BCUT2D eigenvalue weighted by molar-refractivity contribution is 6.05. The molecule has 2 heterocycles. The number of nitrogens with zero attached hydrogens (tertiary/aromatic N) is 2. The van der Waals surface area contributed by atoms with Crippen LogP contribution in [-0.2, 0) is 0 Å². The summed E-state index contributed by atoms with van der Waals surface area (Å²) in [4.78, 5) is 13.9. The molecule has 18 heavy (non-hydrogen) atoms. The largest absolute Gasteiger partial charge is 0.399 e. The fourth-order valence-corrected chi connectivity index (χ4v) is 2.27. The van der Waals surface area contributed by atoms with Gasteiger partial charge in [0.1, 0.15) is 0 Å².